The van der Waals surface area contributed by atoms with E-state index in [1.54, 1.807) is 0 Å². The minimum Gasteiger partial charge on any atom is -0.454 e. The smallest absolute Gasteiger partial charge is 0.334 e. The molecule has 0 spiro atoms. The molecule has 0 unspecified atom stereocenters. The van der Waals surface area contributed by atoms with Crippen LogP contribution in [0.5, 0.6) is 0 Å². The number of aliphatic hydroxyl groups is 4. The van der Waals surface area contributed by atoms with E-state index >= 15 is 0 Å². The predicted octanol–water partition coefficient (Wildman–Crippen LogP) is 1.60. The summed E-state index contributed by atoms with van der Waals surface area (Å²) in [6.07, 6.45) is -0.00813. The summed E-state index contributed by atoms with van der Waals surface area (Å²) in [5, 5.41) is 40.3. The number of carbonyl (C=O) groups is 1. The predicted molar refractivity (Wildman–Crippen MR) is 121 cm³/mol. The van der Waals surface area contributed by atoms with Gasteiger partial charge in [-0.3, -0.25) is 0 Å². The van der Waals surface area contributed by atoms with Gasteiger partial charge in [0.05, 0.1) is 12.7 Å². The van der Waals surface area contributed by atoms with E-state index in [-0.39, 0.29) is 29.0 Å². The number of hydrogen-bond donors (Lipinski definition) is 4. The van der Waals surface area contributed by atoms with Crippen molar-refractivity contribution in [1.82, 2.24) is 0 Å². The van der Waals surface area contributed by atoms with Gasteiger partial charge in [-0.2, -0.15) is 0 Å². The molecule has 2 heterocycles. The van der Waals surface area contributed by atoms with Crippen molar-refractivity contribution in [3.63, 3.8) is 0 Å². The van der Waals surface area contributed by atoms with Crippen LogP contribution in [0.1, 0.15) is 59.8 Å². The van der Waals surface area contributed by atoms with Gasteiger partial charge in [0.25, 0.3) is 0 Å². The minimum atomic E-state index is -1.45. The number of esters is 1. The van der Waals surface area contributed by atoms with Crippen LogP contribution < -0.4 is 0 Å². The Morgan fingerprint density at radius 1 is 1.12 bits per heavy atom. The van der Waals surface area contributed by atoms with Crippen LogP contribution in [0.25, 0.3) is 0 Å². The largest absolute Gasteiger partial charge is 0.454 e. The van der Waals surface area contributed by atoms with Gasteiger partial charge >= 0.3 is 5.97 Å². The van der Waals surface area contributed by atoms with Gasteiger partial charge in [-0.1, -0.05) is 32.4 Å². The van der Waals surface area contributed by atoms with Gasteiger partial charge in [0.1, 0.15) is 30.5 Å². The second-order valence-electron chi connectivity index (χ2n) is 11.8. The van der Waals surface area contributed by atoms with Crippen molar-refractivity contribution in [2.75, 3.05) is 6.61 Å². The Morgan fingerprint density at radius 2 is 1.85 bits per heavy atom. The van der Waals surface area contributed by atoms with E-state index < -0.39 is 37.3 Å². The average molecular weight is 479 g/mol. The zero-order valence-electron chi connectivity index (χ0n) is 20.4. The first kappa shape index (κ1) is 24.4. The number of ether oxygens (including phenoxy) is 3. The Balaban J connectivity index is 1.36. The second kappa shape index (κ2) is 8.39. The van der Waals surface area contributed by atoms with Gasteiger partial charge in [-0.05, 0) is 61.7 Å². The first-order valence-corrected chi connectivity index (χ1v) is 12.6. The molecule has 5 rings (SSSR count). The fourth-order valence-electron chi connectivity index (χ4n) is 7.70. The van der Waals surface area contributed by atoms with Crippen molar-refractivity contribution in [3.8, 4) is 0 Å². The van der Waals surface area contributed by atoms with E-state index in [4.69, 9.17) is 14.2 Å². The third kappa shape index (κ3) is 3.52. The Morgan fingerprint density at radius 3 is 2.56 bits per heavy atom. The fraction of sp³-hybridized carbons (Fsp3) is 0.808. The normalized spacial score (nSPS) is 47.9. The number of hydrogen-bond acceptors (Lipinski definition) is 8. The van der Waals surface area contributed by atoms with Crippen LogP contribution >= 0.6 is 0 Å². The topological polar surface area (TPSA) is 126 Å². The standard InChI is InChI=1S/C26H38O8/c1-12-14-9-13-5-6-18-25(2,3)19(34-24-22(30)21(29)20(28)17(11-27)33-24)7-8-26(18,4)15(13)10-16(14)32-23(12)31/h9,15-22,24,27-30H,5-8,10-11H2,1-4H3/t15-,16-,17+,18-,19-,20+,21-,22+,24-,26+/m1/s1. The summed E-state index contributed by atoms with van der Waals surface area (Å²) in [7, 11) is 0. The first-order chi connectivity index (χ1) is 16.0. The first-order valence-electron chi connectivity index (χ1n) is 12.6. The maximum absolute atomic E-state index is 12.2. The van der Waals surface area contributed by atoms with Crippen LogP contribution in [0, 0.1) is 22.7 Å². The molecule has 0 radical (unpaired) electrons. The Labute approximate surface area is 200 Å². The van der Waals surface area contributed by atoms with Crippen molar-refractivity contribution >= 4 is 5.97 Å². The number of carbonyl (C=O) groups excluding carboxylic acids is 1. The zero-order valence-corrected chi connectivity index (χ0v) is 20.4. The third-order valence-electron chi connectivity index (χ3n) is 9.71. The molecule has 0 amide bonds. The molecule has 0 bridgehead atoms. The van der Waals surface area contributed by atoms with Gasteiger partial charge in [0.2, 0.25) is 0 Å². The molecule has 2 aliphatic heterocycles. The van der Waals surface area contributed by atoms with Gasteiger partial charge in [0.15, 0.2) is 6.29 Å². The Bertz CT molecular complexity index is 906. The molecule has 8 nitrogen and oxygen atoms in total. The highest BCUT2D eigenvalue weighted by Gasteiger charge is 2.59. The van der Waals surface area contributed by atoms with Crippen molar-refractivity contribution in [1.29, 1.82) is 0 Å². The van der Waals surface area contributed by atoms with Crippen molar-refractivity contribution in [3.05, 3.63) is 22.8 Å². The van der Waals surface area contributed by atoms with Crippen LogP contribution in [0.15, 0.2) is 22.8 Å². The Hall–Kier alpha value is -1.29. The molecule has 1 saturated heterocycles. The summed E-state index contributed by atoms with van der Waals surface area (Å²) in [6, 6.07) is 0. The average Bonchev–Trinajstić information content (AvgIpc) is 3.07. The molecule has 0 aromatic rings. The quantitative estimate of drug-likeness (QED) is 0.356. The Kier molecular flexibility index (Phi) is 6.02. The van der Waals surface area contributed by atoms with E-state index in [9.17, 15) is 25.2 Å². The SMILES string of the molecule is CC1=C2C=C3CC[C@@H]4C(C)(C)[C@H](O[C@H]5O[C@@H](CO)[C@H](O)[C@@H](O)[C@@H]5O)CC[C@@]4(C)[C@@H]3C[C@H]2OC1=O. The van der Waals surface area contributed by atoms with Gasteiger partial charge in [-0.25, -0.2) is 4.79 Å². The number of aliphatic hydroxyl groups excluding tert-OH is 4. The molecule has 3 fully saturated rings. The summed E-state index contributed by atoms with van der Waals surface area (Å²) >= 11 is 0. The maximum atomic E-state index is 12.2. The molecule has 2 saturated carbocycles. The van der Waals surface area contributed by atoms with Crippen molar-refractivity contribution < 1.29 is 39.4 Å². The number of rotatable bonds is 3. The zero-order chi connectivity index (χ0) is 24.6. The summed E-state index contributed by atoms with van der Waals surface area (Å²) in [6.45, 7) is 8.14. The molecular formula is C26H38O8. The van der Waals surface area contributed by atoms with Gasteiger partial charge in [-0.15, -0.1) is 0 Å². The number of allylic oxidation sites excluding steroid dienone is 1. The lowest BCUT2D eigenvalue weighted by Gasteiger charge is -2.61. The molecule has 5 aliphatic rings. The van der Waals surface area contributed by atoms with Crippen LogP contribution in [0.3, 0.4) is 0 Å². The lowest BCUT2D eigenvalue weighted by molar-refractivity contribution is -0.327. The number of fused-ring (bicyclic) bond motifs is 4. The lowest BCUT2D eigenvalue weighted by Crippen LogP contribution is -2.62. The van der Waals surface area contributed by atoms with Gasteiger partial charge in [0, 0.05) is 11.1 Å². The molecule has 10 atom stereocenters. The second-order valence-corrected chi connectivity index (χ2v) is 11.8. The monoisotopic (exact) mass is 478 g/mol. The molecule has 3 aliphatic carbocycles. The van der Waals surface area contributed by atoms with Crippen LogP contribution in [0.4, 0.5) is 0 Å². The molecular weight excluding hydrogens is 440 g/mol. The molecule has 190 valence electrons. The maximum Gasteiger partial charge on any atom is 0.334 e. The van der Waals surface area contributed by atoms with Crippen LogP contribution in [-0.2, 0) is 19.0 Å². The molecule has 0 aromatic carbocycles. The van der Waals surface area contributed by atoms with E-state index in [0.29, 0.717) is 11.8 Å². The highest BCUT2D eigenvalue weighted by molar-refractivity contribution is 5.92. The molecule has 4 N–H and O–H groups in total. The van der Waals surface area contributed by atoms with Crippen molar-refractivity contribution in [2.45, 2.75) is 103 Å². The van der Waals surface area contributed by atoms with E-state index in [0.717, 1.165) is 43.3 Å². The van der Waals surface area contributed by atoms with E-state index in [1.165, 1.54) is 5.57 Å². The highest BCUT2D eigenvalue weighted by atomic mass is 16.7. The molecule has 0 aromatic heterocycles. The van der Waals surface area contributed by atoms with E-state index in [2.05, 4.69) is 26.8 Å². The van der Waals surface area contributed by atoms with Crippen LogP contribution in [0.2, 0.25) is 0 Å². The third-order valence-corrected chi connectivity index (χ3v) is 9.71. The lowest BCUT2D eigenvalue weighted by atomic mass is 9.45. The van der Waals surface area contributed by atoms with Crippen molar-refractivity contribution in [2.24, 2.45) is 22.7 Å². The highest BCUT2D eigenvalue weighted by Crippen LogP contribution is 2.64. The minimum absolute atomic E-state index is 0.0251. The summed E-state index contributed by atoms with van der Waals surface area (Å²) in [5.41, 5.74) is 3.00. The fourth-order valence-corrected chi connectivity index (χ4v) is 7.70. The summed E-state index contributed by atoms with van der Waals surface area (Å²) < 4.78 is 17.6. The van der Waals surface area contributed by atoms with Gasteiger partial charge < -0.3 is 34.6 Å². The summed E-state index contributed by atoms with van der Waals surface area (Å²) in [4.78, 5) is 12.2. The van der Waals surface area contributed by atoms with E-state index in [1.807, 2.05) is 6.92 Å². The van der Waals surface area contributed by atoms with Crippen LogP contribution in [-0.4, -0.2) is 75.9 Å². The molecule has 34 heavy (non-hydrogen) atoms. The summed E-state index contributed by atoms with van der Waals surface area (Å²) in [5.74, 6) is 0.481. The molecule has 8 heteroatoms.